The van der Waals surface area contributed by atoms with Gasteiger partial charge in [-0.1, -0.05) is 36.3 Å². The van der Waals surface area contributed by atoms with Gasteiger partial charge < -0.3 is 14.6 Å². The Morgan fingerprint density at radius 3 is 2.50 bits per heavy atom. The molecule has 1 aliphatic heterocycles. The molecule has 3 rings (SSSR count). The van der Waals surface area contributed by atoms with Gasteiger partial charge in [-0.25, -0.2) is 0 Å². The Balaban J connectivity index is 0.00000176. The summed E-state index contributed by atoms with van der Waals surface area (Å²) in [5.74, 6) is 1.21. The molecule has 0 saturated carbocycles. The molecule has 0 spiro atoms. The van der Waals surface area contributed by atoms with E-state index in [-0.39, 0.29) is 12.4 Å². The number of hydrogen-bond acceptors (Lipinski definition) is 5. The van der Waals surface area contributed by atoms with Crippen molar-refractivity contribution in [2.45, 2.75) is 31.8 Å². The van der Waals surface area contributed by atoms with Crippen LogP contribution in [0.2, 0.25) is 0 Å². The zero-order valence-electron chi connectivity index (χ0n) is 13.0. The van der Waals surface area contributed by atoms with Crippen LogP contribution in [0.3, 0.4) is 0 Å². The second-order valence-corrected chi connectivity index (χ2v) is 5.42. The number of aromatic nitrogens is 2. The summed E-state index contributed by atoms with van der Waals surface area (Å²) >= 11 is 0. The van der Waals surface area contributed by atoms with Gasteiger partial charge in [-0.15, -0.1) is 12.4 Å². The third kappa shape index (κ3) is 3.16. The van der Waals surface area contributed by atoms with Gasteiger partial charge in [-0.2, -0.15) is 4.98 Å². The summed E-state index contributed by atoms with van der Waals surface area (Å²) in [6.07, 6.45) is 2.72. The predicted octanol–water partition coefficient (Wildman–Crippen LogP) is 2.95. The number of nitrogens with zero attached hydrogens (tertiary/aromatic N) is 2. The van der Waals surface area contributed by atoms with Gasteiger partial charge in [0.25, 0.3) is 5.89 Å². The molecule has 5 nitrogen and oxygen atoms in total. The van der Waals surface area contributed by atoms with Gasteiger partial charge in [-0.3, -0.25) is 0 Å². The number of ether oxygens (including phenoxy) is 1. The van der Waals surface area contributed by atoms with E-state index in [0.29, 0.717) is 11.7 Å². The molecule has 0 amide bonds. The van der Waals surface area contributed by atoms with E-state index in [4.69, 9.17) is 9.26 Å². The molecule has 2 heterocycles. The van der Waals surface area contributed by atoms with Crippen LogP contribution in [-0.2, 0) is 16.8 Å². The van der Waals surface area contributed by atoms with E-state index in [1.165, 1.54) is 5.56 Å². The average molecular weight is 324 g/mol. The van der Waals surface area contributed by atoms with E-state index >= 15 is 0 Å². The zero-order chi connectivity index (χ0) is 14.7. The molecule has 22 heavy (non-hydrogen) atoms. The van der Waals surface area contributed by atoms with Crippen LogP contribution in [0.15, 0.2) is 28.8 Å². The van der Waals surface area contributed by atoms with Gasteiger partial charge in [0, 0.05) is 12.7 Å². The molecule has 0 radical (unpaired) electrons. The number of aryl methyl sites for hydroxylation is 1. The highest BCUT2D eigenvalue weighted by Gasteiger charge is 2.39. The number of nitrogens with one attached hydrogen (secondary N) is 1. The van der Waals surface area contributed by atoms with Gasteiger partial charge in [0.05, 0.1) is 0 Å². The second-order valence-electron chi connectivity index (χ2n) is 5.42. The Morgan fingerprint density at radius 2 is 1.91 bits per heavy atom. The minimum Gasteiger partial charge on any atom is -0.368 e. The van der Waals surface area contributed by atoms with Crippen LogP contribution in [0.4, 0.5) is 0 Å². The molecular formula is C16H22ClN3O2. The molecule has 2 aromatic rings. The maximum Gasteiger partial charge on any atom is 0.259 e. The molecule has 0 aliphatic carbocycles. The third-order valence-electron chi connectivity index (χ3n) is 4.24. The van der Waals surface area contributed by atoms with Crippen molar-refractivity contribution in [3.63, 3.8) is 0 Å². The van der Waals surface area contributed by atoms with Crippen molar-refractivity contribution in [1.82, 2.24) is 15.5 Å². The minimum atomic E-state index is -0.445. The van der Waals surface area contributed by atoms with E-state index in [9.17, 15) is 0 Å². The smallest absolute Gasteiger partial charge is 0.259 e. The Kier molecular flexibility index (Phi) is 5.56. The van der Waals surface area contributed by atoms with Crippen molar-refractivity contribution in [3.05, 3.63) is 35.7 Å². The van der Waals surface area contributed by atoms with Crippen LogP contribution in [0.1, 0.15) is 31.2 Å². The molecule has 1 saturated heterocycles. The second kappa shape index (κ2) is 7.22. The van der Waals surface area contributed by atoms with Gasteiger partial charge in [0.2, 0.25) is 5.82 Å². The number of methoxy groups -OCH3 is 1. The summed E-state index contributed by atoms with van der Waals surface area (Å²) in [7, 11) is 1.71. The Hall–Kier alpha value is -1.43. The fourth-order valence-corrected chi connectivity index (χ4v) is 2.75. The van der Waals surface area contributed by atoms with E-state index < -0.39 is 5.60 Å². The molecular weight excluding hydrogens is 302 g/mol. The maximum absolute atomic E-state index is 5.71. The summed E-state index contributed by atoms with van der Waals surface area (Å²) in [5, 5.41) is 7.45. The maximum atomic E-state index is 5.71. The van der Waals surface area contributed by atoms with E-state index in [2.05, 4.69) is 34.5 Å². The van der Waals surface area contributed by atoms with Crippen molar-refractivity contribution >= 4 is 12.4 Å². The lowest BCUT2D eigenvalue weighted by atomic mass is 9.92. The first kappa shape index (κ1) is 16.9. The highest BCUT2D eigenvalue weighted by atomic mass is 35.5. The summed E-state index contributed by atoms with van der Waals surface area (Å²) < 4.78 is 11.2. The summed E-state index contributed by atoms with van der Waals surface area (Å²) in [6, 6.07) is 8.27. The van der Waals surface area contributed by atoms with E-state index in [1.807, 2.05) is 12.1 Å². The molecule has 6 heteroatoms. The Labute approximate surface area is 136 Å². The summed E-state index contributed by atoms with van der Waals surface area (Å²) in [4.78, 5) is 4.57. The molecule has 0 bridgehead atoms. The molecule has 1 N–H and O–H groups in total. The van der Waals surface area contributed by atoms with E-state index in [0.717, 1.165) is 37.9 Å². The lowest BCUT2D eigenvalue weighted by molar-refractivity contribution is -0.0622. The van der Waals surface area contributed by atoms with Gasteiger partial charge in [0.1, 0.15) is 5.60 Å². The lowest BCUT2D eigenvalue weighted by Crippen LogP contribution is -2.41. The van der Waals surface area contributed by atoms with Crippen molar-refractivity contribution in [3.8, 4) is 11.4 Å². The highest BCUT2D eigenvalue weighted by Crippen LogP contribution is 2.34. The standard InChI is InChI=1S/C16H21N3O2.ClH/c1-3-12-4-6-13(7-5-12)14-18-15(21-19-14)16(20-2)8-10-17-11-9-16;/h4-7,17H,3,8-11H2,1-2H3;1H. The monoisotopic (exact) mass is 323 g/mol. The number of benzene rings is 1. The minimum absolute atomic E-state index is 0. The van der Waals surface area contributed by atoms with Crippen LogP contribution in [0.5, 0.6) is 0 Å². The van der Waals surface area contributed by atoms with Crippen LogP contribution < -0.4 is 5.32 Å². The first-order chi connectivity index (χ1) is 10.3. The van der Waals surface area contributed by atoms with Crippen molar-refractivity contribution in [2.24, 2.45) is 0 Å². The molecule has 1 aromatic carbocycles. The third-order valence-corrected chi connectivity index (χ3v) is 4.24. The highest BCUT2D eigenvalue weighted by molar-refractivity contribution is 5.85. The van der Waals surface area contributed by atoms with Crippen LogP contribution in [-0.4, -0.2) is 30.3 Å². The Bertz CT molecular complexity index is 592. The quantitative estimate of drug-likeness (QED) is 0.937. The predicted molar refractivity (Wildman–Crippen MR) is 87.2 cm³/mol. The topological polar surface area (TPSA) is 60.2 Å². The van der Waals surface area contributed by atoms with Crippen molar-refractivity contribution < 1.29 is 9.26 Å². The first-order valence-corrected chi connectivity index (χ1v) is 7.47. The van der Waals surface area contributed by atoms with Crippen molar-refractivity contribution in [2.75, 3.05) is 20.2 Å². The van der Waals surface area contributed by atoms with Gasteiger partial charge in [-0.05, 0) is 37.9 Å². The summed E-state index contributed by atoms with van der Waals surface area (Å²) in [6.45, 7) is 3.94. The lowest BCUT2D eigenvalue weighted by Gasteiger charge is -2.32. The fraction of sp³-hybridized carbons (Fsp3) is 0.500. The average Bonchev–Trinajstić information content (AvgIpc) is 3.06. The molecule has 0 atom stereocenters. The Morgan fingerprint density at radius 1 is 1.23 bits per heavy atom. The number of rotatable bonds is 4. The molecule has 1 aliphatic rings. The first-order valence-electron chi connectivity index (χ1n) is 7.47. The van der Waals surface area contributed by atoms with Gasteiger partial charge in [0.15, 0.2) is 0 Å². The number of piperidine rings is 1. The van der Waals surface area contributed by atoms with Crippen LogP contribution >= 0.6 is 12.4 Å². The SMILES string of the molecule is CCc1ccc(-c2noc(C3(OC)CCNCC3)n2)cc1.Cl. The van der Waals surface area contributed by atoms with Crippen molar-refractivity contribution in [1.29, 1.82) is 0 Å². The largest absolute Gasteiger partial charge is 0.368 e. The fourth-order valence-electron chi connectivity index (χ4n) is 2.75. The molecule has 120 valence electrons. The molecule has 1 fully saturated rings. The van der Waals surface area contributed by atoms with Crippen LogP contribution in [0, 0.1) is 0 Å². The van der Waals surface area contributed by atoms with Gasteiger partial charge >= 0.3 is 0 Å². The van der Waals surface area contributed by atoms with Crippen LogP contribution in [0.25, 0.3) is 11.4 Å². The van der Waals surface area contributed by atoms with E-state index in [1.54, 1.807) is 7.11 Å². The normalized spacial score (nSPS) is 17.0. The molecule has 0 unspecified atom stereocenters. The summed E-state index contributed by atoms with van der Waals surface area (Å²) in [5.41, 5.74) is 1.83. The zero-order valence-corrected chi connectivity index (χ0v) is 13.8. The number of hydrogen-bond donors (Lipinski definition) is 1. The molecule has 1 aromatic heterocycles. The number of halogens is 1.